The summed E-state index contributed by atoms with van der Waals surface area (Å²) in [6.45, 7) is 20.1. The Bertz CT molecular complexity index is 1730. The average molecular weight is 877 g/mol. The van der Waals surface area contributed by atoms with Crippen LogP contribution in [0.25, 0.3) is 0 Å². The van der Waals surface area contributed by atoms with E-state index in [2.05, 4.69) is 206 Å². The van der Waals surface area contributed by atoms with Gasteiger partial charge in [-0.2, -0.15) is 11.8 Å². The second kappa shape index (κ2) is 19.6. The summed E-state index contributed by atoms with van der Waals surface area (Å²) >= 11 is 2.11. The molecule has 11 heteroatoms. The van der Waals surface area contributed by atoms with Crippen LogP contribution in [-0.2, 0) is 8.85 Å². The van der Waals surface area contributed by atoms with Crippen LogP contribution in [0.15, 0.2) is 121 Å². The zero-order chi connectivity index (χ0) is 42.5. The van der Waals surface area contributed by atoms with E-state index in [9.17, 15) is 0 Å². The molecule has 0 bridgehead atoms. The Morgan fingerprint density at radius 3 is 1.03 bits per heavy atom. The highest BCUT2D eigenvalue weighted by Gasteiger charge is 2.52. The fraction of sp³-hybridized carbons (Fsp3) is 0.520. The van der Waals surface area contributed by atoms with Crippen LogP contribution in [0.4, 0.5) is 0 Å². The zero-order valence-corrected chi connectivity index (χ0v) is 40.4. The summed E-state index contributed by atoms with van der Waals surface area (Å²) in [4.78, 5) is 5.20. The number of nitrogens with zero attached hydrogens (tertiary/aromatic N) is 2. The highest BCUT2D eigenvalue weighted by molar-refractivity contribution is 7.99. The van der Waals surface area contributed by atoms with Gasteiger partial charge in [0, 0.05) is 61.9 Å². The van der Waals surface area contributed by atoms with E-state index in [1.54, 1.807) is 0 Å². The van der Waals surface area contributed by atoms with Crippen molar-refractivity contribution in [2.24, 2.45) is 0 Å². The molecule has 4 aromatic rings. The maximum atomic E-state index is 7.37. The maximum absolute atomic E-state index is 7.37. The minimum atomic E-state index is -2.58. The maximum Gasteiger partial charge on any atom is 0.261 e. The molecule has 0 radical (unpaired) electrons. The molecule has 0 spiro atoms. The average Bonchev–Trinajstić information content (AvgIpc) is 3.27. The first-order chi connectivity index (χ1) is 29.5. The van der Waals surface area contributed by atoms with E-state index in [1.165, 1.54) is 33.6 Å². The summed E-state index contributed by atoms with van der Waals surface area (Å²) in [7, 11) is -5.16. The molecule has 4 aromatic carbocycles. The molecule has 0 saturated carbocycles. The van der Waals surface area contributed by atoms with Crippen molar-refractivity contribution in [3.63, 3.8) is 0 Å². The quantitative estimate of drug-likeness (QED) is 0.123. The number of rotatable bonds is 14. The largest absolute Gasteiger partial charge is 0.406 e. The predicted octanol–water partition coefficient (Wildman–Crippen LogP) is 5.49. The van der Waals surface area contributed by atoms with Gasteiger partial charge in [0.25, 0.3) is 16.6 Å². The SMILES string of the molecule is CC(C)(C)[Si](OC[C@H]1CCN2CC[C@H](CSC[C@H]3CCN4CC[C@H](CO[Si](c5ccccc5)(c5ccccc5)C(C)(C)C)NC4N3)NC2N1)(c1ccccc1)c1ccccc1. The third-order valence-corrected chi connectivity index (χ3v) is 25.1. The summed E-state index contributed by atoms with van der Waals surface area (Å²) in [5.74, 6) is 2.26. The van der Waals surface area contributed by atoms with E-state index >= 15 is 0 Å². The van der Waals surface area contributed by atoms with Crippen molar-refractivity contribution in [1.82, 2.24) is 31.1 Å². The number of hydrogen-bond acceptors (Lipinski definition) is 9. The monoisotopic (exact) mass is 876 g/mol. The molecule has 4 heterocycles. The first kappa shape index (κ1) is 44.9. The predicted molar refractivity (Wildman–Crippen MR) is 261 cm³/mol. The van der Waals surface area contributed by atoms with E-state index < -0.39 is 16.6 Å². The Hall–Kier alpha value is -2.66. The summed E-state index contributed by atoms with van der Waals surface area (Å²) in [6.07, 6.45) is 4.96. The number of hydrogen-bond donors (Lipinski definition) is 4. The van der Waals surface area contributed by atoms with Gasteiger partial charge in [-0.1, -0.05) is 163 Å². The van der Waals surface area contributed by atoms with Crippen molar-refractivity contribution in [2.45, 2.75) is 114 Å². The fourth-order valence-electron chi connectivity index (χ4n) is 10.6. The lowest BCUT2D eigenvalue weighted by molar-refractivity contribution is 0.0271. The van der Waals surface area contributed by atoms with Gasteiger partial charge < -0.3 is 8.85 Å². The van der Waals surface area contributed by atoms with Gasteiger partial charge in [-0.15, -0.1) is 0 Å². The van der Waals surface area contributed by atoms with Gasteiger partial charge in [-0.05, 0) is 56.5 Å². The fourth-order valence-corrected chi connectivity index (χ4v) is 21.1. The number of nitrogens with one attached hydrogen (secondary N) is 4. The summed E-state index contributed by atoms with van der Waals surface area (Å²) in [5.41, 5.74) is 0. The standard InChI is InChI=1S/C50H72N6O2SSi2/c1-49(2,3)60(43-19-11-7-12-20-43,44-21-13-8-14-22-44)57-35-39-27-31-55-33-29-41(53-47(55)51-39)37-59-38-42-30-34-56-32-28-40(52-48(56)54-42)36-58-61(50(4,5)6,45-23-15-9-16-24-45)46-25-17-10-18-26-46/h7-26,39-42,47-48,51-54H,27-38H2,1-6H3/t39-,40-,41-,42-,47?,48?/m1/s1. The van der Waals surface area contributed by atoms with Gasteiger partial charge in [0.2, 0.25) is 0 Å². The van der Waals surface area contributed by atoms with Gasteiger partial charge in [-0.3, -0.25) is 31.1 Å². The van der Waals surface area contributed by atoms with E-state index in [1.807, 2.05) is 0 Å². The lowest BCUT2D eigenvalue weighted by Gasteiger charge is -2.48. The second-order valence-electron chi connectivity index (χ2n) is 20.0. The van der Waals surface area contributed by atoms with Crippen molar-refractivity contribution >= 4 is 49.1 Å². The van der Waals surface area contributed by atoms with Crippen LogP contribution in [0.5, 0.6) is 0 Å². The van der Waals surface area contributed by atoms with Gasteiger partial charge in [-0.25, -0.2) is 0 Å². The Morgan fingerprint density at radius 2 is 0.738 bits per heavy atom. The first-order valence-electron chi connectivity index (χ1n) is 23.1. The van der Waals surface area contributed by atoms with Crippen LogP contribution >= 0.6 is 11.8 Å². The molecular formula is C50H72N6O2SSi2. The second-order valence-corrected chi connectivity index (χ2v) is 29.7. The topological polar surface area (TPSA) is 73.1 Å². The molecule has 0 amide bonds. The van der Waals surface area contributed by atoms with Crippen LogP contribution in [0.2, 0.25) is 10.1 Å². The van der Waals surface area contributed by atoms with Gasteiger partial charge in [0.15, 0.2) is 0 Å². The van der Waals surface area contributed by atoms with Crippen LogP contribution in [0.3, 0.4) is 0 Å². The van der Waals surface area contributed by atoms with Gasteiger partial charge in [0.05, 0.1) is 13.2 Å². The molecule has 4 aliphatic heterocycles. The van der Waals surface area contributed by atoms with Crippen LogP contribution in [0, 0.1) is 0 Å². The Labute approximate surface area is 373 Å². The molecule has 6 atom stereocenters. The highest BCUT2D eigenvalue weighted by Crippen LogP contribution is 2.38. The third kappa shape index (κ3) is 9.88. The van der Waals surface area contributed by atoms with Crippen molar-refractivity contribution in [3.8, 4) is 0 Å². The minimum Gasteiger partial charge on any atom is -0.406 e. The van der Waals surface area contributed by atoms with E-state index in [0.717, 1.165) is 50.5 Å². The van der Waals surface area contributed by atoms with E-state index in [-0.39, 0.29) is 22.7 Å². The number of fused-ring (bicyclic) bond motifs is 2. The Kier molecular flexibility index (Phi) is 14.4. The lowest BCUT2D eigenvalue weighted by atomic mass is 10.1. The van der Waals surface area contributed by atoms with Crippen molar-refractivity contribution < 1.29 is 8.85 Å². The zero-order valence-electron chi connectivity index (χ0n) is 37.6. The molecule has 328 valence electrons. The first-order valence-corrected chi connectivity index (χ1v) is 28.0. The molecular weight excluding hydrogens is 805 g/mol. The van der Waals surface area contributed by atoms with Crippen LogP contribution < -0.4 is 42.0 Å². The highest BCUT2D eigenvalue weighted by atomic mass is 32.2. The van der Waals surface area contributed by atoms with E-state index in [4.69, 9.17) is 8.85 Å². The molecule has 4 aliphatic rings. The normalized spacial score (nSPS) is 25.7. The van der Waals surface area contributed by atoms with Gasteiger partial charge in [0.1, 0.15) is 12.6 Å². The van der Waals surface area contributed by atoms with Crippen molar-refractivity contribution in [2.75, 3.05) is 50.9 Å². The lowest BCUT2D eigenvalue weighted by Crippen LogP contribution is -2.70. The van der Waals surface area contributed by atoms with E-state index in [0.29, 0.717) is 37.4 Å². The Morgan fingerprint density at radius 1 is 0.459 bits per heavy atom. The minimum absolute atomic E-state index is 0.0257. The molecule has 4 fully saturated rings. The summed E-state index contributed by atoms with van der Waals surface area (Å²) in [5, 5.41) is 21.4. The third-order valence-electron chi connectivity index (χ3n) is 13.8. The van der Waals surface area contributed by atoms with Crippen molar-refractivity contribution in [3.05, 3.63) is 121 Å². The number of thioether (sulfide) groups is 1. The summed E-state index contributed by atoms with van der Waals surface area (Å²) in [6, 6.07) is 45.8. The molecule has 0 aliphatic carbocycles. The number of benzene rings is 4. The molecule has 8 nitrogen and oxygen atoms in total. The van der Waals surface area contributed by atoms with Crippen LogP contribution in [0.1, 0.15) is 67.2 Å². The molecule has 8 rings (SSSR count). The molecule has 0 aromatic heterocycles. The molecule has 4 saturated heterocycles. The summed E-state index contributed by atoms with van der Waals surface area (Å²) < 4.78 is 14.7. The smallest absolute Gasteiger partial charge is 0.261 e. The molecule has 4 N–H and O–H groups in total. The van der Waals surface area contributed by atoms with Crippen LogP contribution in [-0.4, -0.2) is 114 Å². The Balaban J connectivity index is 0.832. The van der Waals surface area contributed by atoms with Crippen molar-refractivity contribution in [1.29, 1.82) is 0 Å². The molecule has 61 heavy (non-hydrogen) atoms. The van der Waals surface area contributed by atoms with Gasteiger partial charge >= 0.3 is 0 Å². The molecule has 2 unspecified atom stereocenters.